The normalized spacial score (nSPS) is 13.1. The molecule has 0 aliphatic rings. The zero-order valence-electron chi connectivity index (χ0n) is 14.8. The Kier molecular flexibility index (Phi) is 8.90. The molecule has 0 aromatic heterocycles. The van der Waals surface area contributed by atoms with E-state index in [9.17, 15) is 5.11 Å². The summed E-state index contributed by atoms with van der Waals surface area (Å²) < 4.78 is 11.1. The zero-order chi connectivity index (χ0) is 17.9. The van der Waals surface area contributed by atoms with Gasteiger partial charge >= 0.3 is 0 Å². The average molecular weight is 332 g/mol. The van der Waals surface area contributed by atoms with Gasteiger partial charge in [-0.05, 0) is 50.5 Å². The van der Waals surface area contributed by atoms with E-state index in [0.29, 0.717) is 24.5 Å². The molecule has 0 saturated carbocycles. The van der Waals surface area contributed by atoms with Gasteiger partial charge in [0, 0.05) is 0 Å². The van der Waals surface area contributed by atoms with Gasteiger partial charge in [-0.2, -0.15) is 0 Å². The smallest absolute Gasteiger partial charge is 0.161 e. The Morgan fingerprint density at radius 2 is 2.04 bits per heavy atom. The van der Waals surface area contributed by atoms with Crippen LogP contribution in [0.5, 0.6) is 11.5 Å². The van der Waals surface area contributed by atoms with Gasteiger partial charge in [0.25, 0.3) is 0 Å². The minimum atomic E-state index is -0.450. The van der Waals surface area contributed by atoms with Crippen molar-refractivity contribution in [3.05, 3.63) is 53.6 Å². The number of aliphatic hydroxyl groups excluding tert-OH is 2. The molecule has 0 amide bonds. The molecule has 24 heavy (non-hydrogen) atoms. The SMILES string of the molecule is C=C(C)C(O)CC/C(C)=C/COc1ccc(/C=C/CO)cc1OC. The van der Waals surface area contributed by atoms with E-state index < -0.39 is 6.10 Å². The van der Waals surface area contributed by atoms with E-state index in [4.69, 9.17) is 14.6 Å². The molecule has 1 aromatic carbocycles. The van der Waals surface area contributed by atoms with E-state index in [2.05, 4.69) is 6.58 Å². The summed E-state index contributed by atoms with van der Waals surface area (Å²) in [5.41, 5.74) is 2.89. The maximum atomic E-state index is 9.74. The van der Waals surface area contributed by atoms with Gasteiger partial charge in [0.2, 0.25) is 0 Å². The number of benzene rings is 1. The fraction of sp³-hybridized carbons (Fsp3) is 0.400. The van der Waals surface area contributed by atoms with Gasteiger partial charge in [-0.15, -0.1) is 0 Å². The molecule has 4 nitrogen and oxygen atoms in total. The van der Waals surface area contributed by atoms with Crippen molar-refractivity contribution in [1.29, 1.82) is 0 Å². The van der Waals surface area contributed by atoms with Gasteiger partial charge in [-0.3, -0.25) is 0 Å². The number of methoxy groups -OCH3 is 1. The van der Waals surface area contributed by atoms with Crippen LogP contribution in [-0.4, -0.2) is 36.6 Å². The first-order valence-electron chi connectivity index (χ1n) is 8.05. The Bertz CT molecular complexity index is 587. The Balaban J connectivity index is 2.58. The molecule has 2 N–H and O–H groups in total. The quantitative estimate of drug-likeness (QED) is 0.641. The Hall–Kier alpha value is -2.04. The monoisotopic (exact) mass is 332 g/mol. The lowest BCUT2D eigenvalue weighted by molar-refractivity contribution is 0.201. The summed E-state index contributed by atoms with van der Waals surface area (Å²) in [5.74, 6) is 1.32. The van der Waals surface area contributed by atoms with Gasteiger partial charge in [0.1, 0.15) is 6.61 Å². The fourth-order valence-electron chi connectivity index (χ4n) is 2.08. The lowest BCUT2D eigenvalue weighted by Gasteiger charge is -2.11. The van der Waals surface area contributed by atoms with Crippen molar-refractivity contribution < 1.29 is 19.7 Å². The predicted octanol–water partition coefficient (Wildman–Crippen LogP) is 3.74. The van der Waals surface area contributed by atoms with E-state index in [-0.39, 0.29) is 6.61 Å². The first kappa shape index (κ1) is 20.0. The molecule has 0 aliphatic heterocycles. The van der Waals surface area contributed by atoms with E-state index in [1.54, 1.807) is 13.2 Å². The molecule has 4 heteroatoms. The standard InChI is InChI=1S/C20H28O4/c1-15(2)18(22)9-7-16(3)11-13-24-19-10-8-17(6-5-12-21)14-20(19)23-4/h5-6,8,10-11,14,18,21-22H,1,7,9,12-13H2,2-4H3/b6-5+,16-11+. The number of hydrogen-bond acceptors (Lipinski definition) is 4. The molecule has 0 aliphatic carbocycles. The van der Waals surface area contributed by atoms with Crippen molar-refractivity contribution in [2.75, 3.05) is 20.3 Å². The third-order valence-corrected chi connectivity index (χ3v) is 3.65. The first-order valence-corrected chi connectivity index (χ1v) is 8.05. The highest BCUT2D eigenvalue weighted by atomic mass is 16.5. The van der Waals surface area contributed by atoms with Crippen molar-refractivity contribution in [3.63, 3.8) is 0 Å². The van der Waals surface area contributed by atoms with Gasteiger partial charge < -0.3 is 19.7 Å². The van der Waals surface area contributed by atoms with Crippen LogP contribution in [0.3, 0.4) is 0 Å². The van der Waals surface area contributed by atoms with Crippen LogP contribution >= 0.6 is 0 Å². The summed E-state index contributed by atoms with van der Waals surface area (Å²) in [7, 11) is 1.60. The summed E-state index contributed by atoms with van der Waals surface area (Å²) >= 11 is 0. The molecule has 0 spiro atoms. The third kappa shape index (κ3) is 7.02. The number of aliphatic hydroxyl groups is 2. The molecule has 132 valence electrons. The number of rotatable bonds is 10. The van der Waals surface area contributed by atoms with Gasteiger partial charge in [-0.1, -0.05) is 35.9 Å². The summed E-state index contributed by atoms with van der Waals surface area (Å²) in [6.45, 7) is 8.05. The molecule has 0 radical (unpaired) electrons. The molecule has 0 fully saturated rings. The molecule has 1 rings (SSSR count). The predicted molar refractivity (Wildman–Crippen MR) is 98.4 cm³/mol. The third-order valence-electron chi connectivity index (χ3n) is 3.65. The molecule has 1 aromatic rings. The number of hydrogen-bond donors (Lipinski definition) is 2. The highest BCUT2D eigenvalue weighted by molar-refractivity contribution is 5.55. The van der Waals surface area contributed by atoms with E-state index in [1.165, 1.54) is 0 Å². The van der Waals surface area contributed by atoms with Crippen molar-refractivity contribution in [1.82, 2.24) is 0 Å². The zero-order valence-corrected chi connectivity index (χ0v) is 14.8. The molecule has 0 heterocycles. The molecule has 0 saturated heterocycles. The molecule has 1 atom stereocenters. The van der Waals surface area contributed by atoms with E-state index in [1.807, 2.05) is 44.2 Å². The second-order valence-corrected chi connectivity index (χ2v) is 5.76. The van der Waals surface area contributed by atoms with Crippen LogP contribution in [0, 0.1) is 0 Å². The van der Waals surface area contributed by atoms with Gasteiger partial charge in [0.15, 0.2) is 11.5 Å². The van der Waals surface area contributed by atoms with Crippen LogP contribution in [0.4, 0.5) is 0 Å². The molecular formula is C20H28O4. The molecule has 0 bridgehead atoms. The first-order chi connectivity index (χ1) is 11.5. The summed E-state index contributed by atoms with van der Waals surface area (Å²) in [4.78, 5) is 0. The van der Waals surface area contributed by atoms with E-state index in [0.717, 1.165) is 23.1 Å². The second kappa shape index (κ2) is 10.7. The molecular weight excluding hydrogens is 304 g/mol. The van der Waals surface area contributed by atoms with Crippen LogP contribution < -0.4 is 9.47 Å². The van der Waals surface area contributed by atoms with Crippen LogP contribution in [0.2, 0.25) is 0 Å². The lowest BCUT2D eigenvalue weighted by Crippen LogP contribution is -2.07. The van der Waals surface area contributed by atoms with Crippen molar-refractivity contribution >= 4 is 6.08 Å². The maximum absolute atomic E-state index is 9.74. The van der Waals surface area contributed by atoms with Gasteiger partial charge in [0.05, 0.1) is 19.8 Å². The highest BCUT2D eigenvalue weighted by Crippen LogP contribution is 2.28. The molecule has 1 unspecified atom stereocenters. The highest BCUT2D eigenvalue weighted by Gasteiger charge is 2.06. The fourth-order valence-corrected chi connectivity index (χ4v) is 2.08. The van der Waals surface area contributed by atoms with Crippen LogP contribution in [0.1, 0.15) is 32.3 Å². The lowest BCUT2D eigenvalue weighted by atomic mass is 10.0. The van der Waals surface area contributed by atoms with Crippen molar-refractivity contribution in [2.24, 2.45) is 0 Å². The summed E-state index contributed by atoms with van der Waals surface area (Å²) in [6, 6.07) is 5.62. The Morgan fingerprint density at radius 1 is 1.29 bits per heavy atom. The largest absolute Gasteiger partial charge is 0.493 e. The van der Waals surface area contributed by atoms with Crippen molar-refractivity contribution in [3.8, 4) is 11.5 Å². The van der Waals surface area contributed by atoms with Crippen molar-refractivity contribution in [2.45, 2.75) is 32.8 Å². The Labute approximate surface area is 144 Å². The Morgan fingerprint density at radius 3 is 2.67 bits per heavy atom. The van der Waals surface area contributed by atoms with Crippen LogP contribution in [0.15, 0.2) is 48.1 Å². The minimum absolute atomic E-state index is 0.00468. The van der Waals surface area contributed by atoms with Gasteiger partial charge in [-0.25, -0.2) is 0 Å². The average Bonchev–Trinajstić information content (AvgIpc) is 2.58. The number of allylic oxidation sites excluding steroid dienone is 1. The van der Waals surface area contributed by atoms with Crippen LogP contribution in [-0.2, 0) is 0 Å². The maximum Gasteiger partial charge on any atom is 0.161 e. The van der Waals surface area contributed by atoms with Crippen LogP contribution in [0.25, 0.3) is 6.08 Å². The topological polar surface area (TPSA) is 58.9 Å². The second-order valence-electron chi connectivity index (χ2n) is 5.76. The number of ether oxygens (including phenoxy) is 2. The van der Waals surface area contributed by atoms with E-state index >= 15 is 0 Å². The summed E-state index contributed by atoms with van der Waals surface area (Å²) in [6.07, 6.45) is 6.52. The minimum Gasteiger partial charge on any atom is -0.493 e. The summed E-state index contributed by atoms with van der Waals surface area (Å²) in [5, 5.41) is 18.6.